The van der Waals surface area contributed by atoms with E-state index in [2.05, 4.69) is 0 Å². The maximum absolute atomic E-state index is 12.2. The van der Waals surface area contributed by atoms with Crippen molar-refractivity contribution in [2.24, 2.45) is 5.92 Å². The van der Waals surface area contributed by atoms with E-state index in [-0.39, 0.29) is 17.8 Å². The highest BCUT2D eigenvalue weighted by molar-refractivity contribution is 5.77. The number of hydrogen-bond donors (Lipinski definition) is 0. The summed E-state index contributed by atoms with van der Waals surface area (Å²) in [4.78, 5) is 25.5. The van der Waals surface area contributed by atoms with Gasteiger partial charge in [0.2, 0.25) is 5.91 Å². The van der Waals surface area contributed by atoms with Crippen LogP contribution >= 0.6 is 0 Å². The summed E-state index contributed by atoms with van der Waals surface area (Å²) in [5, 5.41) is 0. The number of esters is 1. The Labute approximate surface area is 137 Å². The zero-order chi connectivity index (χ0) is 16.7. The van der Waals surface area contributed by atoms with E-state index in [4.69, 9.17) is 9.47 Å². The quantitative estimate of drug-likeness (QED) is 0.597. The summed E-state index contributed by atoms with van der Waals surface area (Å²) in [7, 11) is 1.41. The Morgan fingerprint density at radius 2 is 2.00 bits per heavy atom. The molecule has 0 saturated carbocycles. The fourth-order valence-corrected chi connectivity index (χ4v) is 2.81. The highest BCUT2D eigenvalue weighted by Crippen LogP contribution is 2.19. The van der Waals surface area contributed by atoms with Gasteiger partial charge in [0, 0.05) is 19.5 Å². The number of amides is 1. The van der Waals surface area contributed by atoms with Gasteiger partial charge in [-0.2, -0.15) is 0 Å². The van der Waals surface area contributed by atoms with Crippen LogP contribution in [-0.4, -0.2) is 43.6 Å². The van der Waals surface area contributed by atoms with Gasteiger partial charge in [-0.25, -0.2) is 0 Å². The molecule has 5 heteroatoms. The maximum atomic E-state index is 12.2. The van der Waals surface area contributed by atoms with Crippen LogP contribution in [0.15, 0.2) is 24.3 Å². The molecule has 1 aromatic rings. The Morgan fingerprint density at radius 3 is 2.65 bits per heavy atom. The van der Waals surface area contributed by atoms with Gasteiger partial charge in [0.15, 0.2) is 0 Å². The average molecular weight is 319 g/mol. The zero-order valence-electron chi connectivity index (χ0n) is 13.9. The fraction of sp³-hybridized carbons (Fsp3) is 0.556. The molecular formula is C18H25NO4. The first-order valence-electron chi connectivity index (χ1n) is 8.15. The van der Waals surface area contributed by atoms with E-state index in [9.17, 15) is 9.59 Å². The summed E-state index contributed by atoms with van der Waals surface area (Å²) in [5.41, 5.74) is 1.16. The highest BCUT2D eigenvalue weighted by atomic mass is 16.5. The molecule has 0 bridgehead atoms. The molecule has 1 amide bonds. The molecule has 1 aliphatic heterocycles. The van der Waals surface area contributed by atoms with E-state index in [1.165, 1.54) is 7.11 Å². The van der Waals surface area contributed by atoms with Crippen LogP contribution in [0.25, 0.3) is 0 Å². The number of nitrogens with zero attached hydrogens (tertiary/aromatic N) is 1. The SMILES string of the molecule is COC(=O)C1CCN(C(=O)CCCOc2cccc(C)c2)CC1. The van der Waals surface area contributed by atoms with Crippen molar-refractivity contribution in [1.82, 2.24) is 4.90 Å². The lowest BCUT2D eigenvalue weighted by molar-refractivity contribution is -0.148. The van der Waals surface area contributed by atoms with E-state index in [1.807, 2.05) is 36.1 Å². The molecule has 0 aliphatic carbocycles. The smallest absolute Gasteiger partial charge is 0.308 e. The molecule has 126 valence electrons. The standard InChI is InChI=1S/C18H25NO4/c1-14-5-3-6-16(13-14)23-12-4-7-17(20)19-10-8-15(9-11-19)18(21)22-2/h3,5-6,13,15H,4,7-12H2,1-2H3. The second kappa shape index (κ2) is 8.56. The van der Waals surface area contributed by atoms with E-state index in [1.54, 1.807) is 0 Å². The molecule has 1 saturated heterocycles. The lowest BCUT2D eigenvalue weighted by Crippen LogP contribution is -2.40. The van der Waals surface area contributed by atoms with Crippen molar-refractivity contribution in [3.05, 3.63) is 29.8 Å². The molecule has 0 atom stereocenters. The third-order valence-electron chi connectivity index (χ3n) is 4.18. The number of benzene rings is 1. The number of likely N-dealkylation sites (tertiary alicyclic amines) is 1. The predicted molar refractivity (Wildman–Crippen MR) is 87.2 cm³/mol. The summed E-state index contributed by atoms with van der Waals surface area (Å²) in [6.45, 7) is 3.83. The predicted octanol–water partition coefficient (Wildman–Crippen LogP) is 2.57. The first-order chi connectivity index (χ1) is 11.1. The number of rotatable bonds is 6. The average Bonchev–Trinajstić information content (AvgIpc) is 2.58. The van der Waals surface area contributed by atoms with Crippen LogP contribution < -0.4 is 4.74 Å². The monoisotopic (exact) mass is 319 g/mol. The summed E-state index contributed by atoms with van der Waals surface area (Å²) in [5.74, 6) is 0.759. The summed E-state index contributed by atoms with van der Waals surface area (Å²) >= 11 is 0. The first kappa shape index (κ1) is 17.3. The summed E-state index contributed by atoms with van der Waals surface area (Å²) < 4.78 is 10.4. The molecule has 0 aromatic heterocycles. The van der Waals surface area contributed by atoms with Crippen LogP contribution in [0.3, 0.4) is 0 Å². The minimum absolute atomic E-state index is 0.0614. The molecule has 1 aromatic carbocycles. The minimum Gasteiger partial charge on any atom is -0.494 e. The van der Waals surface area contributed by atoms with Crippen LogP contribution in [0.1, 0.15) is 31.2 Å². The first-order valence-corrected chi connectivity index (χ1v) is 8.15. The van der Waals surface area contributed by atoms with Gasteiger partial charge in [-0.15, -0.1) is 0 Å². The number of aryl methyl sites for hydroxylation is 1. The Hall–Kier alpha value is -2.04. The van der Waals surface area contributed by atoms with E-state index in [0.717, 1.165) is 11.3 Å². The molecule has 0 spiro atoms. The topological polar surface area (TPSA) is 55.8 Å². The lowest BCUT2D eigenvalue weighted by Gasteiger charge is -2.30. The third kappa shape index (κ3) is 5.27. The van der Waals surface area contributed by atoms with Crippen LogP contribution in [-0.2, 0) is 14.3 Å². The maximum Gasteiger partial charge on any atom is 0.308 e. The van der Waals surface area contributed by atoms with Crippen molar-refractivity contribution in [2.45, 2.75) is 32.6 Å². The Bertz CT molecular complexity index is 536. The molecule has 2 rings (SSSR count). The van der Waals surface area contributed by atoms with Crippen LogP contribution in [0, 0.1) is 12.8 Å². The van der Waals surface area contributed by atoms with Gasteiger partial charge in [0.25, 0.3) is 0 Å². The molecule has 0 unspecified atom stereocenters. The highest BCUT2D eigenvalue weighted by Gasteiger charge is 2.27. The Morgan fingerprint density at radius 1 is 1.26 bits per heavy atom. The van der Waals surface area contributed by atoms with Gasteiger partial charge >= 0.3 is 5.97 Å². The van der Waals surface area contributed by atoms with E-state index >= 15 is 0 Å². The Kier molecular flexibility index (Phi) is 6.44. The number of hydrogen-bond acceptors (Lipinski definition) is 4. The number of carbonyl (C=O) groups is 2. The van der Waals surface area contributed by atoms with Crippen LogP contribution in [0.2, 0.25) is 0 Å². The second-order valence-corrected chi connectivity index (χ2v) is 5.95. The van der Waals surface area contributed by atoms with Gasteiger partial charge in [-0.05, 0) is 43.9 Å². The molecule has 23 heavy (non-hydrogen) atoms. The third-order valence-corrected chi connectivity index (χ3v) is 4.18. The summed E-state index contributed by atoms with van der Waals surface area (Å²) in [6, 6.07) is 7.89. The molecule has 5 nitrogen and oxygen atoms in total. The molecule has 1 fully saturated rings. The minimum atomic E-state index is -0.163. The number of carbonyl (C=O) groups excluding carboxylic acids is 2. The van der Waals surface area contributed by atoms with Gasteiger partial charge in [0.1, 0.15) is 5.75 Å². The van der Waals surface area contributed by atoms with Gasteiger partial charge in [-0.1, -0.05) is 12.1 Å². The molecule has 1 aliphatic rings. The molecule has 0 radical (unpaired) electrons. The van der Waals surface area contributed by atoms with Crippen LogP contribution in [0.5, 0.6) is 5.75 Å². The van der Waals surface area contributed by atoms with E-state index < -0.39 is 0 Å². The van der Waals surface area contributed by atoms with Crippen molar-refractivity contribution in [2.75, 3.05) is 26.8 Å². The van der Waals surface area contributed by atoms with Gasteiger partial charge in [-0.3, -0.25) is 9.59 Å². The van der Waals surface area contributed by atoms with Gasteiger partial charge in [0.05, 0.1) is 19.6 Å². The number of piperidine rings is 1. The lowest BCUT2D eigenvalue weighted by atomic mass is 9.97. The number of ether oxygens (including phenoxy) is 2. The van der Waals surface area contributed by atoms with Crippen molar-refractivity contribution < 1.29 is 19.1 Å². The molecular weight excluding hydrogens is 294 g/mol. The second-order valence-electron chi connectivity index (χ2n) is 5.95. The van der Waals surface area contributed by atoms with Crippen molar-refractivity contribution >= 4 is 11.9 Å². The number of methoxy groups -OCH3 is 1. The van der Waals surface area contributed by atoms with Crippen molar-refractivity contribution in [3.63, 3.8) is 0 Å². The van der Waals surface area contributed by atoms with Crippen LogP contribution in [0.4, 0.5) is 0 Å². The molecule has 1 heterocycles. The molecule has 0 N–H and O–H groups in total. The largest absolute Gasteiger partial charge is 0.494 e. The van der Waals surface area contributed by atoms with E-state index in [0.29, 0.717) is 45.4 Å². The Balaban J connectivity index is 1.65. The van der Waals surface area contributed by atoms with Gasteiger partial charge < -0.3 is 14.4 Å². The normalized spacial score (nSPS) is 15.3. The summed E-state index contributed by atoms with van der Waals surface area (Å²) in [6.07, 6.45) is 2.56. The fourth-order valence-electron chi connectivity index (χ4n) is 2.81. The zero-order valence-corrected chi connectivity index (χ0v) is 13.9. The van der Waals surface area contributed by atoms with Crippen molar-refractivity contribution in [1.29, 1.82) is 0 Å². The van der Waals surface area contributed by atoms with Crippen molar-refractivity contribution in [3.8, 4) is 5.75 Å².